The van der Waals surface area contributed by atoms with Gasteiger partial charge in [0.2, 0.25) is 5.88 Å². The molecule has 1 unspecified atom stereocenters. The summed E-state index contributed by atoms with van der Waals surface area (Å²) in [6.07, 6.45) is 8.35. The normalized spacial score (nSPS) is 19.3. The average Bonchev–Trinajstić information content (AvgIpc) is 3.40. The van der Waals surface area contributed by atoms with E-state index >= 15 is 0 Å². The predicted octanol–water partition coefficient (Wildman–Crippen LogP) is 4.47. The molecule has 0 N–H and O–H groups in total. The van der Waals surface area contributed by atoms with Crippen molar-refractivity contribution in [2.75, 3.05) is 7.11 Å². The number of aliphatic imine (C=N–C) groups is 1. The summed E-state index contributed by atoms with van der Waals surface area (Å²) in [5, 5.41) is 4.26. The van der Waals surface area contributed by atoms with E-state index in [-0.39, 0.29) is 6.10 Å². The molecule has 5 rings (SSSR count). The van der Waals surface area contributed by atoms with Crippen molar-refractivity contribution in [1.82, 2.24) is 19.6 Å². The first-order valence-electron chi connectivity index (χ1n) is 10.6. The minimum atomic E-state index is -1.23. The fourth-order valence-corrected chi connectivity index (χ4v) is 4.32. The summed E-state index contributed by atoms with van der Waals surface area (Å²) in [6.45, 7) is 1.42. The second-order valence-corrected chi connectivity index (χ2v) is 7.85. The van der Waals surface area contributed by atoms with Gasteiger partial charge in [-0.1, -0.05) is 6.08 Å². The lowest BCUT2D eigenvalue weighted by Gasteiger charge is -2.23. The Morgan fingerprint density at radius 3 is 2.84 bits per heavy atom. The van der Waals surface area contributed by atoms with Crippen molar-refractivity contribution >= 4 is 22.7 Å². The van der Waals surface area contributed by atoms with Crippen LogP contribution in [0.2, 0.25) is 0 Å². The molecule has 2 aliphatic rings. The van der Waals surface area contributed by atoms with Crippen molar-refractivity contribution in [2.24, 2.45) is 4.99 Å². The molecule has 8 heteroatoms. The number of nitrogens with zero attached hydrogens (tertiary/aromatic N) is 5. The van der Waals surface area contributed by atoms with Gasteiger partial charge in [0.15, 0.2) is 6.36 Å². The van der Waals surface area contributed by atoms with Crippen LogP contribution in [-0.4, -0.2) is 44.9 Å². The van der Waals surface area contributed by atoms with Gasteiger partial charge in [0.25, 0.3) is 5.95 Å². The van der Waals surface area contributed by atoms with Crippen molar-refractivity contribution in [3.05, 3.63) is 53.5 Å². The van der Waals surface area contributed by atoms with Crippen LogP contribution in [0.5, 0.6) is 5.88 Å². The summed E-state index contributed by atoms with van der Waals surface area (Å²) >= 11 is 0. The highest BCUT2D eigenvalue weighted by atomic mass is 19.1. The van der Waals surface area contributed by atoms with Gasteiger partial charge in [-0.05, 0) is 61.9 Å². The zero-order valence-corrected chi connectivity index (χ0v) is 17.6. The van der Waals surface area contributed by atoms with Gasteiger partial charge in [0, 0.05) is 24.5 Å². The molecule has 1 saturated carbocycles. The minimum Gasteiger partial charge on any atom is -0.480 e. The molecule has 1 atom stereocenters. The van der Waals surface area contributed by atoms with Gasteiger partial charge in [0.1, 0.15) is 0 Å². The number of halogens is 1. The lowest BCUT2D eigenvalue weighted by atomic mass is 9.95. The van der Waals surface area contributed by atoms with Crippen molar-refractivity contribution in [3.8, 4) is 5.88 Å². The van der Waals surface area contributed by atoms with Crippen LogP contribution in [0.25, 0.3) is 11.1 Å². The molecule has 0 aromatic carbocycles. The number of ether oxygens (including phenoxy) is 2. The second kappa shape index (κ2) is 8.19. The quantitative estimate of drug-likeness (QED) is 0.608. The molecule has 2 aliphatic carbocycles. The Morgan fingerprint density at radius 2 is 2.06 bits per heavy atom. The van der Waals surface area contributed by atoms with E-state index in [2.05, 4.69) is 27.2 Å². The molecule has 0 saturated heterocycles. The van der Waals surface area contributed by atoms with E-state index in [0.29, 0.717) is 18.2 Å². The summed E-state index contributed by atoms with van der Waals surface area (Å²) < 4.78 is 25.8. The van der Waals surface area contributed by atoms with E-state index in [4.69, 9.17) is 14.5 Å². The number of allylic oxidation sites excluding steroid dienone is 1. The van der Waals surface area contributed by atoms with Crippen LogP contribution in [-0.2, 0) is 11.2 Å². The lowest BCUT2D eigenvalue weighted by molar-refractivity contribution is -0.0798. The summed E-state index contributed by atoms with van der Waals surface area (Å²) in [5.74, 6) is 0.953. The van der Waals surface area contributed by atoms with Crippen molar-refractivity contribution < 1.29 is 13.9 Å². The third-order valence-corrected chi connectivity index (χ3v) is 5.76. The molecule has 160 valence electrons. The molecule has 0 amide bonds. The van der Waals surface area contributed by atoms with Gasteiger partial charge in [-0.25, -0.2) is 18.9 Å². The van der Waals surface area contributed by atoms with Crippen LogP contribution in [0, 0.1) is 0 Å². The Kier molecular flexibility index (Phi) is 5.23. The number of fused-ring (bicyclic) bond motifs is 2. The maximum Gasteiger partial charge on any atom is 0.252 e. The molecule has 3 aromatic heterocycles. The van der Waals surface area contributed by atoms with Crippen molar-refractivity contribution in [2.45, 2.75) is 51.5 Å². The second-order valence-electron chi connectivity index (χ2n) is 7.85. The van der Waals surface area contributed by atoms with Gasteiger partial charge < -0.3 is 9.47 Å². The first kappa shape index (κ1) is 19.8. The number of aromatic nitrogens is 4. The molecule has 1 fully saturated rings. The van der Waals surface area contributed by atoms with Crippen LogP contribution in [0.3, 0.4) is 0 Å². The maximum absolute atomic E-state index is 13.1. The largest absolute Gasteiger partial charge is 0.480 e. The van der Waals surface area contributed by atoms with E-state index in [1.807, 2.05) is 22.8 Å². The highest BCUT2D eigenvalue weighted by molar-refractivity contribution is 5.89. The van der Waals surface area contributed by atoms with Crippen LogP contribution < -0.4 is 4.74 Å². The zero-order valence-electron chi connectivity index (χ0n) is 17.6. The molecule has 0 radical (unpaired) electrons. The first-order valence-corrected chi connectivity index (χ1v) is 10.6. The summed E-state index contributed by atoms with van der Waals surface area (Å²) in [5.41, 5.74) is 6.02. The number of hydrogen-bond donors (Lipinski definition) is 0. The summed E-state index contributed by atoms with van der Waals surface area (Å²) in [4.78, 5) is 14.0. The first-order chi connectivity index (χ1) is 15.1. The smallest absolute Gasteiger partial charge is 0.252 e. The Morgan fingerprint density at radius 1 is 1.23 bits per heavy atom. The summed E-state index contributed by atoms with van der Waals surface area (Å²) in [7, 11) is 1.62. The minimum absolute atomic E-state index is 0.0469. The molecule has 31 heavy (non-hydrogen) atoms. The number of rotatable bonds is 5. The number of pyridine rings is 1. The van der Waals surface area contributed by atoms with Gasteiger partial charge >= 0.3 is 0 Å². The topological polar surface area (TPSA) is 73.9 Å². The van der Waals surface area contributed by atoms with Gasteiger partial charge in [-0.15, -0.1) is 0 Å². The van der Waals surface area contributed by atoms with E-state index in [1.54, 1.807) is 13.3 Å². The Bertz CT molecular complexity index is 1170. The molecular formula is C23H24FN5O2. The molecule has 0 aliphatic heterocycles. The van der Waals surface area contributed by atoms with Crippen molar-refractivity contribution in [1.29, 1.82) is 0 Å². The summed E-state index contributed by atoms with van der Waals surface area (Å²) in [6, 6.07) is 6.11. The number of hydrogen-bond acceptors (Lipinski definition) is 6. The Labute approximate surface area is 179 Å². The highest BCUT2D eigenvalue weighted by Gasteiger charge is 2.25. The number of methoxy groups -OCH3 is 1. The maximum atomic E-state index is 13.1. The zero-order chi connectivity index (χ0) is 21.4. The van der Waals surface area contributed by atoms with Crippen LogP contribution in [0.1, 0.15) is 49.4 Å². The standard InChI is InChI=1S/C23H24FN5O2/c1-14(24)31-18-5-3-16(4-6-18)26-23-27-20-8-7-19(21(20)22(28-23)30-2)15-10-12-29-17(13-15)9-11-25-29/h7,9-14,18H,3-6,8H2,1-2H3. The molecule has 0 bridgehead atoms. The van der Waals surface area contributed by atoms with Gasteiger partial charge in [-0.2, -0.15) is 10.1 Å². The Hall–Kier alpha value is -3.13. The van der Waals surface area contributed by atoms with Crippen molar-refractivity contribution in [3.63, 3.8) is 0 Å². The third-order valence-electron chi connectivity index (χ3n) is 5.76. The van der Waals surface area contributed by atoms with E-state index in [0.717, 1.165) is 59.3 Å². The third kappa shape index (κ3) is 3.95. The fraction of sp³-hybridized carbons (Fsp3) is 0.391. The number of alkyl halides is 1. The Balaban J connectivity index is 1.41. The molecule has 0 spiro atoms. The SMILES string of the molecule is COc1nc(N=C2CCC(OC(C)F)CC2)nc2c1C(c1ccn3nccc3c1)=CC2. The van der Waals surface area contributed by atoms with Crippen LogP contribution >= 0.6 is 0 Å². The average molecular weight is 421 g/mol. The van der Waals surface area contributed by atoms with Crippen LogP contribution in [0.4, 0.5) is 10.3 Å². The predicted molar refractivity (Wildman–Crippen MR) is 116 cm³/mol. The fourth-order valence-electron chi connectivity index (χ4n) is 4.32. The monoisotopic (exact) mass is 421 g/mol. The van der Waals surface area contributed by atoms with Crippen LogP contribution in [0.15, 0.2) is 41.7 Å². The highest BCUT2D eigenvalue weighted by Crippen LogP contribution is 2.38. The van der Waals surface area contributed by atoms with Gasteiger partial charge in [-0.3, -0.25) is 0 Å². The molecular weight excluding hydrogens is 397 g/mol. The molecule has 7 nitrogen and oxygen atoms in total. The molecule has 3 aromatic rings. The van der Waals surface area contributed by atoms with Gasteiger partial charge in [0.05, 0.1) is 30.0 Å². The van der Waals surface area contributed by atoms with E-state index in [9.17, 15) is 4.39 Å². The lowest BCUT2D eigenvalue weighted by Crippen LogP contribution is -2.24. The van der Waals surface area contributed by atoms with E-state index < -0.39 is 6.36 Å². The molecule has 3 heterocycles. The van der Waals surface area contributed by atoms with E-state index in [1.165, 1.54) is 6.92 Å².